The molecular formula is C6H15BrO2Si. The van der Waals surface area contributed by atoms with Crippen LogP contribution in [0.5, 0.6) is 0 Å². The SMILES string of the molecule is CO[Si](C)(CCCBr)OC. The van der Waals surface area contributed by atoms with Gasteiger partial charge in [0, 0.05) is 19.5 Å². The van der Waals surface area contributed by atoms with Crippen molar-refractivity contribution in [2.24, 2.45) is 0 Å². The molecule has 0 fully saturated rings. The number of halogens is 1. The topological polar surface area (TPSA) is 18.5 Å². The average Bonchev–Trinajstić information content (AvgIpc) is 2.00. The molecule has 0 saturated heterocycles. The first-order valence-electron chi connectivity index (χ1n) is 3.35. The number of rotatable bonds is 5. The van der Waals surface area contributed by atoms with E-state index in [0.717, 1.165) is 17.8 Å². The van der Waals surface area contributed by atoms with E-state index in [2.05, 4.69) is 22.5 Å². The summed E-state index contributed by atoms with van der Waals surface area (Å²) in [6.45, 7) is 2.08. The largest absolute Gasteiger partial charge is 0.398 e. The molecule has 0 unspecified atom stereocenters. The van der Waals surface area contributed by atoms with Gasteiger partial charge in [0.1, 0.15) is 0 Å². The molecule has 0 aliphatic heterocycles. The molecule has 0 N–H and O–H groups in total. The first-order valence-corrected chi connectivity index (χ1v) is 6.99. The minimum atomic E-state index is -1.75. The van der Waals surface area contributed by atoms with Gasteiger partial charge in [0.05, 0.1) is 0 Å². The van der Waals surface area contributed by atoms with E-state index in [0.29, 0.717) is 0 Å². The molecule has 0 heterocycles. The number of hydrogen-bond acceptors (Lipinski definition) is 2. The van der Waals surface area contributed by atoms with E-state index < -0.39 is 8.56 Å². The second-order valence-electron chi connectivity index (χ2n) is 2.33. The highest BCUT2D eigenvalue weighted by Crippen LogP contribution is 2.13. The summed E-state index contributed by atoms with van der Waals surface area (Å²) in [5.41, 5.74) is 0. The van der Waals surface area contributed by atoms with Crippen LogP contribution in [0.1, 0.15) is 6.42 Å². The van der Waals surface area contributed by atoms with Gasteiger partial charge in [-0.1, -0.05) is 15.9 Å². The lowest BCUT2D eigenvalue weighted by atomic mass is 10.6. The highest BCUT2D eigenvalue weighted by molar-refractivity contribution is 9.09. The predicted octanol–water partition coefficient (Wildman–Crippen LogP) is 2.14. The van der Waals surface area contributed by atoms with Gasteiger partial charge in [0.15, 0.2) is 0 Å². The molecule has 0 spiro atoms. The van der Waals surface area contributed by atoms with Crippen molar-refractivity contribution in [3.8, 4) is 0 Å². The maximum Gasteiger partial charge on any atom is 0.334 e. The van der Waals surface area contributed by atoms with Crippen molar-refractivity contribution in [3.63, 3.8) is 0 Å². The zero-order chi connectivity index (χ0) is 8.04. The standard InChI is InChI=1S/C6H15BrO2Si/c1-8-10(3,9-2)6-4-5-7/h4-6H2,1-3H3. The molecule has 0 aromatic carbocycles. The average molecular weight is 227 g/mol. The molecule has 0 aromatic rings. The summed E-state index contributed by atoms with van der Waals surface area (Å²) in [6.07, 6.45) is 1.13. The Hall–Kier alpha value is 0.617. The summed E-state index contributed by atoms with van der Waals surface area (Å²) in [5, 5.41) is 1.03. The summed E-state index contributed by atoms with van der Waals surface area (Å²) < 4.78 is 10.6. The zero-order valence-electron chi connectivity index (χ0n) is 6.82. The van der Waals surface area contributed by atoms with Gasteiger partial charge in [-0.2, -0.15) is 0 Å². The number of alkyl halides is 1. The molecule has 2 nitrogen and oxygen atoms in total. The lowest BCUT2D eigenvalue weighted by Gasteiger charge is -2.21. The zero-order valence-corrected chi connectivity index (χ0v) is 9.40. The Kier molecular flexibility index (Phi) is 5.62. The van der Waals surface area contributed by atoms with Crippen molar-refractivity contribution in [1.29, 1.82) is 0 Å². The highest BCUT2D eigenvalue weighted by atomic mass is 79.9. The molecule has 0 radical (unpaired) electrons. The van der Waals surface area contributed by atoms with E-state index in [1.807, 2.05) is 0 Å². The molecule has 0 aliphatic carbocycles. The summed E-state index contributed by atoms with van der Waals surface area (Å²) in [4.78, 5) is 0. The van der Waals surface area contributed by atoms with E-state index >= 15 is 0 Å². The summed E-state index contributed by atoms with van der Waals surface area (Å²) >= 11 is 3.37. The van der Waals surface area contributed by atoms with E-state index in [1.165, 1.54) is 0 Å². The first kappa shape index (κ1) is 10.6. The molecule has 10 heavy (non-hydrogen) atoms. The Bertz CT molecular complexity index is 85.8. The van der Waals surface area contributed by atoms with Gasteiger partial charge in [-0.25, -0.2) is 0 Å². The number of hydrogen-bond donors (Lipinski definition) is 0. The fourth-order valence-corrected chi connectivity index (χ4v) is 2.87. The van der Waals surface area contributed by atoms with E-state index in [-0.39, 0.29) is 0 Å². The van der Waals surface area contributed by atoms with Crippen LogP contribution in [0.3, 0.4) is 0 Å². The van der Waals surface area contributed by atoms with Crippen molar-refractivity contribution >= 4 is 24.5 Å². The summed E-state index contributed by atoms with van der Waals surface area (Å²) in [5.74, 6) is 0. The Morgan fingerprint density at radius 1 is 1.30 bits per heavy atom. The maximum atomic E-state index is 5.28. The van der Waals surface area contributed by atoms with E-state index in [1.54, 1.807) is 14.2 Å². The molecule has 0 aliphatic rings. The van der Waals surface area contributed by atoms with Crippen LogP contribution in [0, 0.1) is 0 Å². The van der Waals surface area contributed by atoms with Gasteiger partial charge in [0.25, 0.3) is 0 Å². The third-order valence-electron chi connectivity index (χ3n) is 1.63. The Labute approximate surface area is 72.3 Å². The second-order valence-corrected chi connectivity index (χ2v) is 6.71. The molecule has 0 saturated carbocycles. The molecule has 0 amide bonds. The van der Waals surface area contributed by atoms with E-state index in [4.69, 9.17) is 8.85 Å². The molecule has 0 aromatic heterocycles. The van der Waals surface area contributed by atoms with Gasteiger partial charge in [-0.05, 0) is 19.0 Å². The highest BCUT2D eigenvalue weighted by Gasteiger charge is 2.27. The minimum Gasteiger partial charge on any atom is -0.398 e. The van der Waals surface area contributed by atoms with Gasteiger partial charge >= 0.3 is 8.56 Å². The summed E-state index contributed by atoms with van der Waals surface area (Å²) in [7, 11) is 1.70. The Morgan fingerprint density at radius 3 is 2.10 bits per heavy atom. The smallest absolute Gasteiger partial charge is 0.334 e. The van der Waals surface area contributed by atoms with Crippen molar-refractivity contribution in [3.05, 3.63) is 0 Å². The second kappa shape index (κ2) is 5.29. The van der Waals surface area contributed by atoms with Crippen LogP contribution < -0.4 is 0 Å². The monoisotopic (exact) mass is 226 g/mol. The van der Waals surface area contributed by atoms with Gasteiger partial charge in [-0.3, -0.25) is 0 Å². The quantitative estimate of drug-likeness (QED) is 0.529. The van der Waals surface area contributed by atoms with Gasteiger partial charge < -0.3 is 8.85 Å². The third kappa shape index (κ3) is 3.70. The Morgan fingerprint density at radius 2 is 1.80 bits per heavy atom. The van der Waals surface area contributed by atoms with Crippen LogP contribution >= 0.6 is 15.9 Å². The molecule has 0 rings (SSSR count). The summed E-state index contributed by atoms with van der Waals surface area (Å²) in [6, 6.07) is 1.06. The molecule has 0 atom stereocenters. The van der Waals surface area contributed by atoms with Crippen molar-refractivity contribution in [2.45, 2.75) is 19.0 Å². The minimum absolute atomic E-state index is 1.03. The molecular weight excluding hydrogens is 212 g/mol. The lowest BCUT2D eigenvalue weighted by Crippen LogP contribution is -2.35. The third-order valence-corrected chi connectivity index (χ3v) is 5.18. The van der Waals surface area contributed by atoms with Crippen LogP contribution in [0.4, 0.5) is 0 Å². The maximum absolute atomic E-state index is 5.28. The molecule has 62 valence electrons. The Balaban J connectivity index is 3.58. The molecule has 0 bridgehead atoms. The first-order chi connectivity index (χ1) is 4.68. The normalized spacial score (nSPS) is 12.0. The van der Waals surface area contributed by atoms with Crippen LogP contribution in [0.2, 0.25) is 12.6 Å². The fraction of sp³-hybridized carbons (Fsp3) is 1.00. The van der Waals surface area contributed by atoms with E-state index in [9.17, 15) is 0 Å². The van der Waals surface area contributed by atoms with Crippen molar-refractivity contribution in [2.75, 3.05) is 19.5 Å². The fourth-order valence-electron chi connectivity index (χ4n) is 0.675. The van der Waals surface area contributed by atoms with Gasteiger partial charge in [-0.15, -0.1) is 0 Å². The lowest BCUT2D eigenvalue weighted by molar-refractivity contribution is 0.249. The van der Waals surface area contributed by atoms with Crippen LogP contribution in [-0.2, 0) is 8.85 Å². The van der Waals surface area contributed by atoms with Gasteiger partial charge in [0.2, 0.25) is 0 Å². The molecule has 4 heteroatoms. The van der Waals surface area contributed by atoms with Crippen LogP contribution in [0.15, 0.2) is 0 Å². The van der Waals surface area contributed by atoms with Crippen LogP contribution in [0.25, 0.3) is 0 Å². The van der Waals surface area contributed by atoms with Crippen molar-refractivity contribution < 1.29 is 8.85 Å². The van der Waals surface area contributed by atoms with Crippen LogP contribution in [-0.4, -0.2) is 28.1 Å². The van der Waals surface area contributed by atoms with Crippen molar-refractivity contribution in [1.82, 2.24) is 0 Å². The predicted molar refractivity (Wildman–Crippen MR) is 48.9 cm³/mol.